The van der Waals surface area contributed by atoms with Gasteiger partial charge in [-0.05, 0) is 98.1 Å². The Morgan fingerprint density at radius 3 is 0.549 bits per heavy atom. The van der Waals surface area contributed by atoms with Crippen molar-refractivity contribution in [1.82, 2.24) is 39.9 Å². The molecule has 0 bridgehead atoms. The number of aliphatic imine (C=N–C) groups is 2. The molecule has 0 N–H and O–H groups in total. The zero-order valence-corrected chi connectivity index (χ0v) is 42.6. The molecule has 0 unspecified atom stereocenters. The van der Waals surface area contributed by atoms with Crippen LogP contribution < -0.4 is 0 Å². The summed E-state index contributed by atoms with van der Waals surface area (Å²) in [6, 6.07) is 47.3. The number of aromatic nitrogens is 8. The maximum Gasteiger partial charge on any atom is 2.00 e. The van der Waals surface area contributed by atoms with Gasteiger partial charge in [-0.1, -0.05) is 97.1 Å². The molecular formula is C46H36Cl4Co3N18. The molecule has 0 aromatic carbocycles. The molecule has 0 fully saturated rings. The van der Waals surface area contributed by atoms with Crippen LogP contribution in [0.15, 0.2) is 205 Å². The molecule has 8 heterocycles. The van der Waals surface area contributed by atoms with Crippen LogP contribution in [0.1, 0.15) is 0 Å². The first kappa shape index (κ1) is 68.1. The molecule has 0 aliphatic rings. The molecule has 8 aromatic rings. The van der Waals surface area contributed by atoms with Gasteiger partial charge in [0.05, 0.1) is 23.1 Å². The van der Waals surface area contributed by atoms with Crippen LogP contribution in [0.3, 0.4) is 0 Å². The summed E-state index contributed by atoms with van der Waals surface area (Å²) in [6.07, 6.45) is 16.2. The van der Waals surface area contributed by atoms with Crippen LogP contribution in [0.5, 0.6) is 0 Å². The first-order chi connectivity index (χ1) is 33.5. The second kappa shape index (κ2) is 50.7. The van der Waals surface area contributed by atoms with Gasteiger partial charge in [-0.15, -0.1) is 58.4 Å². The number of nitriles is 2. The van der Waals surface area contributed by atoms with Gasteiger partial charge in [0.25, 0.3) is 0 Å². The number of hydrogen-bond acceptors (Lipinski definition) is 12. The van der Waals surface area contributed by atoms with Crippen LogP contribution in [0.2, 0.25) is 0 Å². The average Bonchev–Trinajstić information content (AvgIpc) is 3.39. The van der Waals surface area contributed by atoms with Crippen molar-refractivity contribution >= 4 is 105 Å². The quantitative estimate of drug-likeness (QED) is 0.0787. The maximum atomic E-state index is 7.43. The van der Waals surface area contributed by atoms with Gasteiger partial charge < -0.3 is 81.9 Å². The largest absolute Gasteiger partial charge is 2.00 e. The van der Waals surface area contributed by atoms with E-state index < -0.39 is 0 Å². The van der Waals surface area contributed by atoms with E-state index in [2.05, 4.69) is 71.1 Å². The fourth-order valence-corrected chi connectivity index (χ4v) is 3.87. The minimum atomic E-state index is 0. The van der Waals surface area contributed by atoms with Crippen LogP contribution in [0.4, 0.5) is 46.5 Å². The molecule has 365 valence electrons. The molecule has 0 aliphatic heterocycles. The Morgan fingerprint density at radius 2 is 0.479 bits per heavy atom. The zero-order chi connectivity index (χ0) is 49.4. The fourth-order valence-electron chi connectivity index (χ4n) is 3.87. The summed E-state index contributed by atoms with van der Waals surface area (Å²) in [5.74, 6) is 5.45. The van der Waals surface area contributed by atoms with Gasteiger partial charge in [-0.2, -0.15) is 10.5 Å². The third-order valence-electron chi connectivity index (χ3n) is 6.31. The van der Waals surface area contributed by atoms with E-state index in [1.807, 2.05) is 146 Å². The summed E-state index contributed by atoms with van der Waals surface area (Å²) >= 11 is 19.1. The zero-order valence-electron chi connectivity index (χ0n) is 36.5. The summed E-state index contributed by atoms with van der Waals surface area (Å²) in [7, 11) is 0. The Hall–Kier alpha value is -7.18. The van der Waals surface area contributed by atoms with Crippen molar-refractivity contribution in [3.8, 4) is 12.4 Å². The van der Waals surface area contributed by atoms with E-state index in [4.69, 9.17) is 67.7 Å². The van der Waals surface area contributed by atoms with Crippen LogP contribution in [-0.4, -0.2) is 62.6 Å². The molecule has 0 spiro atoms. The Balaban J connectivity index is -0.000000779. The van der Waals surface area contributed by atoms with Crippen LogP contribution in [0.25, 0.3) is 32.1 Å². The van der Waals surface area contributed by atoms with Gasteiger partial charge in [-0.25, -0.2) is 0 Å². The maximum absolute atomic E-state index is 7.43. The summed E-state index contributed by atoms with van der Waals surface area (Å²) in [5.41, 5.74) is 0. The van der Waals surface area contributed by atoms with Crippen LogP contribution >= 0.6 is 46.4 Å². The van der Waals surface area contributed by atoms with Crippen LogP contribution in [-0.2, 0) is 50.3 Å². The third kappa shape index (κ3) is 39.4. The molecule has 8 aromatic heterocycles. The standard InChI is InChI=1S/4C10H8N3.2C2N3.2CH2Cl2.3Co/c4*1-3-7-11-9(5-1)13-10-6-2-4-8-12-10;2*3-1-5-2-4;2*2-1-3;;;/h4*1-8H;;;2*1H2;;;/q6*-1;;;3*+2. The van der Waals surface area contributed by atoms with E-state index in [1.54, 1.807) is 49.6 Å². The third-order valence-corrected chi connectivity index (χ3v) is 6.31. The number of pyridine rings is 8. The SMILES string of the molecule is ClCCl.ClCCl.N#CN=C=[N-].N#CN=C=[N-].[Co+2].[Co+2].[Co+2].c1ccc([N-]c2ccccn2)nc1.c1ccc([N-]c2ccccn2)nc1.c1ccc([N-]c2ccccn2)nc1.c1ccc([N-]c2ccccn2)nc1. The minimum absolute atomic E-state index is 0. The number of hydrogen-bond donors (Lipinski definition) is 0. The van der Waals surface area contributed by atoms with Crippen molar-refractivity contribution in [3.05, 3.63) is 227 Å². The summed E-state index contributed by atoms with van der Waals surface area (Å²) in [5, 5.41) is 47.0. The number of nitrogens with zero attached hydrogens (tertiary/aromatic N) is 18. The Morgan fingerprint density at radius 1 is 0.338 bits per heavy atom. The predicted molar refractivity (Wildman–Crippen MR) is 271 cm³/mol. The number of rotatable bonds is 8. The first-order valence-corrected chi connectivity index (χ1v) is 20.9. The Labute approximate surface area is 462 Å². The Kier molecular flexibility index (Phi) is 48.6. The minimum Gasteiger partial charge on any atom is -0.422 e. The van der Waals surface area contributed by atoms with E-state index >= 15 is 0 Å². The van der Waals surface area contributed by atoms with Crippen LogP contribution in [0, 0.1) is 22.9 Å². The molecule has 8 rings (SSSR count). The van der Waals surface area contributed by atoms with Gasteiger partial charge in [0.1, 0.15) is 0 Å². The van der Waals surface area contributed by atoms with Crippen molar-refractivity contribution in [2.75, 3.05) is 10.7 Å². The van der Waals surface area contributed by atoms with E-state index in [0.29, 0.717) is 46.5 Å². The molecule has 0 amide bonds. The number of alkyl halides is 4. The average molecular weight is 1160 g/mol. The molecule has 0 atom stereocenters. The van der Waals surface area contributed by atoms with Crippen molar-refractivity contribution < 1.29 is 50.3 Å². The molecule has 0 saturated carbocycles. The fraction of sp³-hybridized carbons (Fsp3) is 0.0435. The van der Waals surface area contributed by atoms with Gasteiger partial charge in [-0.3, -0.25) is 0 Å². The van der Waals surface area contributed by atoms with E-state index in [1.165, 1.54) is 24.4 Å². The van der Waals surface area contributed by atoms with Gasteiger partial charge in [0.2, 0.25) is 0 Å². The molecule has 3 radical (unpaired) electrons. The molecule has 25 heteroatoms. The summed E-state index contributed by atoms with van der Waals surface area (Å²) in [6.45, 7) is 0. The molecule has 18 nitrogen and oxygen atoms in total. The van der Waals surface area contributed by atoms with Gasteiger partial charge in [0, 0.05) is 46.5 Å². The van der Waals surface area contributed by atoms with Gasteiger partial charge in [0.15, 0.2) is 0 Å². The monoisotopic (exact) mass is 1160 g/mol. The molecule has 0 saturated heterocycles. The normalized spacial score (nSPS) is 8.03. The van der Waals surface area contributed by atoms with Crippen molar-refractivity contribution in [3.63, 3.8) is 0 Å². The predicted octanol–water partition coefficient (Wildman–Crippen LogP) is 14.5. The van der Waals surface area contributed by atoms with Crippen molar-refractivity contribution in [2.24, 2.45) is 9.98 Å². The topological polar surface area (TPSA) is 276 Å². The smallest absolute Gasteiger partial charge is 0.422 e. The second-order valence-corrected chi connectivity index (χ2v) is 12.4. The van der Waals surface area contributed by atoms with Crippen molar-refractivity contribution in [2.45, 2.75) is 0 Å². The van der Waals surface area contributed by atoms with E-state index in [-0.39, 0.29) is 61.0 Å². The molecule has 0 aliphatic carbocycles. The van der Waals surface area contributed by atoms with Crippen molar-refractivity contribution in [1.29, 1.82) is 10.5 Å². The molecular weight excluding hydrogens is 1120 g/mol. The summed E-state index contributed by atoms with van der Waals surface area (Å²) < 4.78 is 0. The summed E-state index contributed by atoms with van der Waals surface area (Å²) in [4.78, 5) is 37.7. The van der Waals surface area contributed by atoms with Gasteiger partial charge >= 0.3 is 50.3 Å². The van der Waals surface area contributed by atoms with E-state index in [9.17, 15) is 0 Å². The van der Waals surface area contributed by atoms with E-state index in [0.717, 1.165) is 0 Å². The Bertz CT molecular complexity index is 2110. The molecule has 71 heavy (non-hydrogen) atoms. The second-order valence-electron chi connectivity index (χ2n) is 10.8. The number of halogens is 4. The first-order valence-electron chi connectivity index (χ1n) is 18.8.